The second-order valence-electron chi connectivity index (χ2n) is 4.18. The van der Waals surface area contributed by atoms with E-state index in [0.717, 1.165) is 12.7 Å². The standard InChI is InChI=1S/C10H20OSi/c1-5-6-7-10(8-9-11)12(2,3)4/h8-9H,5-7H2,1-4H3. The monoisotopic (exact) mass is 184 g/mol. The van der Waals surface area contributed by atoms with Crippen molar-refractivity contribution in [3.8, 4) is 0 Å². The lowest BCUT2D eigenvalue weighted by atomic mass is 10.2. The van der Waals surface area contributed by atoms with Crippen molar-refractivity contribution in [2.45, 2.75) is 45.8 Å². The fourth-order valence-electron chi connectivity index (χ4n) is 1.16. The number of hydrogen-bond acceptors (Lipinski definition) is 1. The van der Waals surface area contributed by atoms with Crippen molar-refractivity contribution in [3.05, 3.63) is 11.3 Å². The highest BCUT2D eigenvalue weighted by Crippen LogP contribution is 2.19. The van der Waals surface area contributed by atoms with E-state index in [2.05, 4.69) is 26.6 Å². The number of rotatable bonds is 5. The molecule has 0 unspecified atom stereocenters. The van der Waals surface area contributed by atoms with Crippen LogP contribution < -0.4 is 0 Å². The molecule has 0 fully saturated rings. The summed E-state index contributed by atoms with van der Waals surface area (Å²) >= 11 is 0. The molecule has 0 N–H and O–H groups in total. The van der Waals surface area contributed by atoms with Gasteiger partial charge >= 0.3 is 0 Å². The van der Waals surface area contributed by atoms with E-state index >= 15 is 0 Å². The summed E-state index contributed by atoms with van der Waals surface area (Å²) in [6, 6.07) is 0. The number of hydrogen-bond donors (Lipinski definition) is 0. The van der Waals surface area contributed by atoms with Gasteiger partial charge in [-0.1, -0.05) is 44.6 Å². The van der Waals surface area contributed by atoms with Crippen LogP contribution in [0.5, 0.6) is 0 Å². The molecule has 0 aromatic rings. The number of unbranched alkanes of at least 4 members (excludes halogenated alkanes) is 1. The van der Waals surface area contributed by atoms with E-state index < -0.39 is 8.07 Å². The van der Waals surface area contributed by atoms with Gasteiger partial charge in [-0.05, 0) is 12.5 Å². The number of carbonyl (C=O) groups excluding carboxylic acids is 1. The Morgan fingerprint density at radius 3 is 2.25 bits per heavy atom. The highest BCUT2D eigenvalue weighted by atomic mass is 28.3. The SMILES string of the molecule is CCCCC(=CC=O)[Si](C)(C)C. The molecule has 70 valence electrons. The normalized spacial score (nSPS) is 13.2. The Labute approximate surface area is 76.9 Å². The molecule has 0 aliphatic rings. The lowest BCUT2D eigenvalue weighted by Crippen LogP contribution is -2.24. The molecule has 0 amide bonds. The lowest BCUT2D eigenvalue weighted by Gasteiger charge is -2.19. The number of carbonyl (C=O) groups is 1. The second-order valence-corrected chi connectivity index (χ2v) is 9.32. The van der Waals surface area contributed by atoms with Crippen molar-refractivity contribution in [2.24, 2.45) is 0 Å². The topological polar surface area (TPSA) is 17.1 Å². The summed E-state index contributed by atoms with van der Waals surface area (Å²) < 4.78 is 0. The summed E-state index contributed by atoms with van der Waals surface area (Å²) in [5.74, 6) is 0. The van der Waals surface area contributed by atoms with Gasteiger partial charge in [-0.15, -0.1) is 0 Å². The Bertz CT molecular complexity index is 165. The quantitative estimate of drug-likeness (QED) is 0.364. The minimum absolute atomic E-state index is 0.934. The van der Waals surface area contributed by atoms with E-state index in [-0.39, 0.29) is 0 Å². The van der Waals surface area contributed by atoms with E-state index in [4.69, 9.17) is 0 Å². The highest BCUT2D eigenvalue weighted by molar-refractivity contribution is 6.83. The van der Waals surface area contributed by atoms with Gasteiger partial charge in [0.05, 0.1) is 8.07 Å². The van der Waals surface area contributed by atoms with Crippen LogP contribution in [0.25, 0.3) is 0 Å². The Morgan fingerprint density at radius 1 is 1.33 bits per heavy atom. The zero-order valence-electron chi connectivity index (χ0n) is 8.68. The maximum Gasteiger partial charge on any atom is 0.142 e. The smallest absolute Gasteiger partial charge is 0.142 e. The summed E-state index contributed by atoms with van der Waals surface area (Å²) in [7, 11) is -1.22. The largest absolute Gasteiger partial charge is 0.299 e. The van der Waals surface area contributed by atoms with E-state index in [1.54, 1.807) is 6.08 Å². The minimum atomic E-state index is -1.22. The summed E-state index contributed by atoms with van der Waals surface area (Å²) in [5.41, 5.74) is 0. The third kappa shape index (κ3) is 4.49. The molecule has 0 aliphatic carbocycles. The van der Waals surface area contributed by atoms with Gasteiger partial charge < -0.3 is 0 Å². The van der Waals surface area contributed by atoms with Gasteiger partial charge in [-0.3, -0.25) is 4.79 Å². The first-order valence-electron chi connectivity index (χ1n) is 4.67. The molecular weight excluding hydrogens is 164 g/mol. The molecule has 0 heterocycles. The van der Waals surface area contributed by atoms with Gasteiger partial charge in [0.15, 0.2) is 0 Å². The molecule has 0 atom stereocenters. The summed E-state index contributed by atoms with van der Waals surface area (Å²) in [6.45, 7) is 9.05. The van der Waals surface area contributed by atoms with Crippen LogP contribution in [0.2, 0.25) is 19.6 Å². The first-order valence-corrected chi connectivity index (χ1v) is 8.17. The van der Waals surface area contributed by atoms with Crippen molar-refractivity contribution in [3.63, 3.8) is 0 Å². The molecule has 0 aromatic heterocycles. The molecule has 0 radical (unpaired) electrons. The first-order chi connectivity index (χ1) is 5.52. The van der Waals surface area contributed by atoms with Gasteiger partial charge in [0.1, 0.15) is 6.29 Å². The summed E-state index contributed by atoms with van der Waals surface area (Å²) in [6.07, 6.45) is 6.25. The minimum Gasteiger partial charge on any atom is -0.299 e. The molecule has 2 heteroatoms. The second kappa shape index (κ2) is 5.30. The molecule has 0 aliphatic heterocycles. The molecule has 0 saturated heterocycles. The Morgan fingerprint density at radius 2 is 1.92 bits per heavy atom. The average molecular weight is 184 g/mol. The predicted molar refractivity (Wildman–Crippen MR) is 57.0 cm³/mol. The lowest BCUT2D eigenvalue weighted by molar-refractivity contribution is -0.104. The third-order valence-electron chi connectivity index (χ3n) is 2.03. The number of aldehydes is 1. The van der Waals surface area contributed by atoms with Crippen LogP contribution in [-0.2, 0) is 4.79 Å². The summed E-state index contributed by atoms with van der Waals surface area (Å²) in [4.78, 5) is 10.4. The van der Waals surface area contributed by atoms with Crippen LogP contribution in [-0.4, -0.2) is 14.4 Å². The van der Waals surface area contributed by atoms with Gasteiger partial charge in [-0.25, -0.2) is 0 Å². The van der Waals surface area contributed by atoms with E-state index in [1.165, 1.54) is 18.0 Å². The van der Waals surface area contributed by atoms with Gasteiger partial charge in [-0.2, -0.15) is 0 Å². The number of allylic oxidation sites excluding steroid dienone is 2. The van der Waals surface area contributed by atoms with Crippen LogP contribution in [0, 0.1) is 0 Å². The van der Waals surface area contributed by atoms with Gasteiger partial charge in [0, 0.05) is 0 Å². The van der Waals surface area contributed by atoms with Crippen LogP contribution in [0.3, 0.4) is 0 Å². The Balaban J connectivity index is 4.25. The van der Waals surface area contributed by atoms with E-state index in [9.17, 15) is 4.79 Å². The fraction of sp³-hybridized carbons (Fsp3) is 0.700. The van der Waals surface area contributed by atoms with Gasteiger partial charge in [0.2, 0.25) is 0 Å². The van der Waals surface area contributed by atoms with Crippen molar-refractivity contribution < 1.29 is 4.79 Å². The third-order valence-corrected chi connectivity index (χ3v) is 4.38. The molecular formula is C10H20OSi. The van der Waals surface area contributed by atoms with Crippen molar-refractivity contribution in [1.82, 2.24) is 0 Å². The average Bonchev–Trinajstić information content (AvgIpc) is 1.95. The Kier molecular flexibility index (Phi) is 5.14. The molecule has 0 aromatic carbocycles. The molecule has 0 saturated carbocycles. The van der Waals surface area contributed by atoms with Crippen LogP contribution in [0.4, 0.5) is 0 Å². The van der Waals surface area contributed by atoms with Crippen molar-refractivity contribution >= 4 is 14.4 Å². The maximum atomic E-state index is 10.4. The predicted octanol–water partition coefficient (Wildman–Crippen LogP) is 3.18. The molecule has 0 bridgehead atoms. The van der Waals surface area contributed by atoms with Crippen molar-refractivity contribution in [2.75, 3.05) is 0 Å². The van der Waals surface area contributed by atoms with Crippen LogP contribution >= 0.6 is 0 Å². The molecule has 12 heavy (non-hydrogen) atoms. The van der Waals surface area contributed by atoms with Crippen molar-refractivity contribution in [1.29, 1.82) is 0 Å². The highest BCUT2D eigenvalue weighted by Gasteiger charge is 2.18. The van der Waals surface area contributed by atoms with Crippen LogP contribution in [0.15, 0.2) is 11.3 Å². The molecule has 1 nitrogen and oxygen atoms in total. The zero-order valence-corrected chi connectivity index (χ0v) is 9.68. The molecule has 0 spiro atoms. The molecule has 0 rings (SSSR count). The summed E-state index contributed by atoms with van der Waals surface area (Å²) in [5, 5.41) is 1.40. The van der Waals surface area contributed by atoms with Crippen LogP contribution in [0.1, 0.15) is 26.2 Å². The van der Waals surface area contributed by atoms with E-state index in [0.29, 0.717) is 0 Å². The Hall–Kier alpha value is -0.373. The first kappa shape index (κ1) is 11.6. The maximum absolute atomic E-state index is 10.4. The van der Waals surface area contributed by atoms with Gasteiger partial charge in [0.25, 0.3) is 0 Å². The fourth-order valence-corrected chi connectivity index (χ4v) is 2.65. The zero-order chi connectivity index (χ0) is 9.61. The van der Waals surface area contributed by atoms with E-state index in [1.807, 2.05) is 0 Å².